The summed E-state index contributed by atoms with van der Waals surface area (Å²) in [5.74, 6) is -2.47. The van der Waals surface area contributed by atoms with Crippen LogP contribution in [0.4, 0.5) is 13.2 Å². The fourth-order valence-electron chi connectivity index (χ4n) is 3.02. The highest BCUT2D eigenvalue weighted by molar-refractivity contribution is 8.23. The van der Waals surface area contributed by atoms with E-state index >= 15 is 0 Å². The van der Waals surface area contributed by atoms with E-state index < -0.39 is 38.8 Å². The van der Waals surface area contributed by atoms with Gasteiger partial charge in [-0.3, -0.25) is 18.5 Å². The predicted octanol–water partition coefficient (Wildman–Crippen LogP) is 4.60. The third kappa shape index (κ3) is 3.45. The molecule has 2 N–H and O–H groups in total. The SMILES string of the molecule is CS(O)(O)c1nc(-c2ccc(F)cc2F)c2ccc(=O)n(-c3ccccc3F)c2n1. The van der Waals surface area contributed by atoms with Crippen LogP contribution in [0.5, 0.6) is 0 Å². The second-order valence-corrected chi connectivity index (χ2v) is 8.54. The monoisotopic (exact) mass is 433 g/mol. The Labute approximate surface area is 169 Å². The van der Waals surface area contributed by atoms with Gasteiger partial charge in [0.2, 0.25) is 5.16 Å². The standard InChI is InChI=1S/C20H14F3N3O3S/c1-30(28,29)20-24-18(12-7-6-11(21)10-15(12)23)13-8-9-17(27)26(19(13)25-20)16-5-3-2-4-14(16)22/h2-10,28-29H,1H3. The van der Waals surface area contributed by atoms with Gasteiger partial charge < -0.3 is 0 Å². The number of hydrogen-bond donors (Lipinski definition) is 2. The molecule has 4 aromatic rings. The van der Waals surface area contributed by atoms with E-state index in [2.05, 4.69) is 9.97 Å². The van der Waals surface area contributed by atoms with Gasteiger partial charge in [-0.1, -0.05) is 12.1 Å². The lowest BCUT2D eigenvalue weighted by Gasteiger charge is -2.25. The first-order valence-corrected chi connectivity index (χ1v) is 10.5. The predicted molar refractivity (Wildman–Crippen MR) is 107 cm³/mol. The molecule has 4 rings (SSSR count). The van der Waals surface area contributed by atoms with E-state index in [1.807, 2.05) is 0 Å². The highest BCUT2D eigenvalue weighted by atomic mass is 32.3. The molecule has 0 saturated carbocycles. The van der Waals surface area contributed by atoms with Gasteiger partial charge in [-0.25, -0.2) is 18.2 Å². The number of fused-ring (bicyclic) bond motifs is 1. The van der Waals surface area contributed by atoms with Crippen molar-refractivity contribution >= 4 is 21.6 Å². The molecule has 0 saturated heterocycles. The summed E-state index contributed by atoms with van der Waals surface area (Å²) in [6, 6.07) is 10.7. The van der Waals surface area contributed by atoms with Gasteiger partial charge in [0.05, 0.1) is 11.4 Å². The van der Waals surface area contributed by atoms with E-state index in [1.54, 1.807) is 0 Å². The van der Waals surface area contributed by atoms with E-state index in [4.69, 9.17) is 0 Å². The Hall–Kier alpha value is -3.21. The maximum absolute atomic E-state index is 14.5. The summed E-state index contributed by atoms with van der Waals surface area (Å²) in [6.07, 6.45) is 1.06. The Kier molecular flexibility index (Phi) is 4.85. The van der Waals surface area contributed by atoms with Crippen molar-refractivity contribution < 1.29 is 22.3 Å². The van der Waals surface area contributed by atoms with Gasteiger partial charge in [0, 0.05) is 29.3 Å². The molecule has 0 bridgehead atoms. The van der Waals surface area contributed by atoms with Crippen LogP contribution >= 0.6 is 10.6 Å². The molecular weight excluding hydrogens is 419 g/mol. The minimum atomic E-state index is -3.50. The molecule has 2 aromatic carbocycles. The molecule has 2 aromatic heterocycles. The largest absolute Gasteiger partial charge is 0.292 e. The lowest BCUT2D eigenvalue weighted by molar-refractivity contribution is 0.485. The van der Waals surface area contributed by atoms with Crippen LogP contribution in [0.3, 0.4) is 0 Å². The Morgan fingerprint density at radius 1 is 0.933 bits per heavy atom. The van der Waals surface area contributed by atoms with Gasteiger partial charge in [-0.2, -0.15) is 4.98 Å². The summed E-state index contributed by atoms with van der Waals surface area (Å²) in [5.41, 5.74) is -1.17. The molecule has 30 heavy (non-hydrogen) atoms. The third-order valence-corrected chi connectivity index (χ3v) is 5.23. The van der Waals surface area contributed by atoms with E-state index in [0.29, 0.717) is 6.07 Å². The van der Waals surface area contributed by atoms with Gasteiger partial charge in [0.1, 0.15) is 17.5 Å². The van der Waals surface area contributed by atoms with Crippen molar-refractivity contribution in [3.63, 3.8) is 0 Å². The number of para-hydroxylation sites is 1. The molecule has 0 aliphatic heterocycles. The molecule has 6 nitrogen and oxygen atoms in total. The Morgan fingerprint density at radius 3 is 2.33 bits per heavy atom. The smallest absolute Gasteiger partial charge is 0.256 e. The maximum atomic E-state index is 14.5. The number of aromatic nitrogens is 3. The Bertz CT molecular complexity index is 1350. The number of rotatable bonds is 3. The average molecular weight is 433 g/mol. The minimum absolute atomic E-state index is 0.0978. The second-order valence-electron chi connectivity index (χ2n) is 6.51. The molecule has 0 unspecified atom stereocenters. The number of halogens is 3. The summed E-state index contributed by atoms with van der Waals surface area (Å²) in [7, 11) is -3.50. The molecule has 0 spiro atoms. The van der Waals surface area contributed by atoms with Crippen molar-refractivity contribution in [2.75, 3.05) is 6.26 Å². The quantitative estimate of drug-likeness (QED) is 0.461. The number of nitrogens with zero attached hydrogens (tertiary/aromatic N) is 3. The average Bonchev–Trinajstić information content (AvgIpc) is 2.67. The highest BCUT2D eigenvalue weighted by Gasteiger charge is 2.22. The first-order valence-electron chi connectivity index (χ1n) is 8.54. The van der Waals surface area contributed by atoms with Crippen molar-refractivity contribution in [1.82, 2.24) is 14.5 Å². The second kappa shape index (κ2) is 7.24. The van der Waals surface area contributed by atoms with Crippen molar-refractivity contribution in [2.24, 2.45) is 0 Å². The third-order valence-electron chi connectivity index (χ3n) is 4.36. The van der Waals surface area contributed by atoms with Crippen molar-refractivity contribution in [3.05, 3.63) is 82.4 Å². The summed E-state index contributed by atoms with van der Waals surface area (Å²) >= 11 is 0. The van der Waals surface area contributed by atoms with E-state index in [0.717, 1.165) is 35.1 Å². The molecule has 0 radical (unpaired) electrons. The molecule has 0 amide bonds. The highest BCUT2D eigenvalue weighted by Crippen LogP contribution is 2.43. The first kappa shape index (κ1) is 20.1. The zero-order valence-corrected chi connectivity index (χ0v) is 16.2. The van der Waals surface area contributed by atoms with Gasteiger partial charge in [-0.05, 0) is 30.3 Å². The fourth-order valence-corrected chi connectivity index (χ4v) is 3.54. The minimum Gasteiger partial charge on any atom is -0.292 e. The molecule has 2 heterocycles. The van der Waals surface area contributed by atoms with Gasteiger partial charge in [0.25, 0.3) is 5.56 Å². The van der Waals surface area contributed by atoms with E-state index in [-0.39, 0.29) is 28.0 Å². The van der Waals surface area contributed by atoms with Gasteiger partial charge in [0.15, 0.2) is 5.65 Å². The fraction of sp³-hybridized carbons (Fsp3) is 0.0500. The van der Waals surface area contributed by atoms with Crippen LogP contribution in [0.2, 0.25) is 0 Å². The summed E-state index contributed by atoms with van der Waals surface area (Å²) in [5, 5.41) is -0.333. The number of hydrogen-bond acceptors (Lipinski definition) is 5. The van der Waals surface area contributed by atoms with Crippen molar-refractivity contribution in [1.29, 1.82) is 0 Å². The topological polar surface area (TPSA) is 88.2 Å². The van der Waals surface area contributed by atoms with Crippen LogP contribution in [0, 0.1) is 17.5 Å². The molecule has 0 aliphatic rings. The van der Waals surface area contributed by atoms with Crippen LogP contribution in [0.25, 0.3) is 28.0 Å². The van der Waals surface area contributed by atoms with Gasteiger partial charge >= 0.3 is 0 Å². The van der Waals surface area contributed by atoms with Crippen molar-refractivity contribution in [3.8, 4) is 16.9 Å². The van der Waals surface area contributed by atoms with Crippen LogP contribution in [-0.2, 0) is 0 Å². The Balaban J connectivity index is 2.18. The van der Waals surface area contributed by atoms with E-state index in [1.165, 1.54) is 24.3 Å². The molecule has 0 fully saturated rings. The van der Waals surface area contributed by atoms with E-state index in [9.17, 15) is 27.1 Å². The Morgan fingerprint density at radius 2 is 1.67 bits per heavy atom. The van der Waals surface area contributed by atoms with Gasteiger partial charge in [-0.15, -0.1) is 10.6 Å². The van der Waals surface area contributed by atoms with Crippen LogP contribution in [0.1, 0.15) is 0 Å². The normalized spacial score (nSPS) is 12.3. The molecule has 10 heteroatoms. The maximum Gasteiger partial charge on any atom is 0.256 e. The van der Waals surface area contributed by atoms with Crippen LogP contribution in [-0.4, -0.2) is 29.9 Å². The molecule has 0 aliphatic carbocycles. The number of benzene rings is 2. The summed E-state index contributed by atoms with van der Waals surface area (Å²) in [6.45, 7) is 0. The van der Waals surface area contributed by atoms with Crippen LogP contribution < -0.4 is 5.56 Å². The van der Waals surface area contributed by atoms with Crippen molar-refractivity contribution in [2.45, 2.75) is 5.16 Å². The molecule has 0 atom stereocenters. The summed E-state index contributed by atoms with van der Waals surface area (Å²) < 4.78 is 63.5. The zero-order chi connectivity index (χ0) is 21.6. The zero-order valence-electron chi connectivity index (χ0n) is 15.4. The summed E-state index contributed by atoms with van der Waals surface area (Å²) in [4.78, 5) is 20.8. The molecular formula is C20H14F3N3O3S. The lowest BCUT2D eigenvalue weighted by atomic mass is 10.1. The molecule has 154 valence electrons. The number of pyridine rings is 1. The lowest BCUT2D eigenvalue weighted by Crippen LogP contribution is -2.20. The first-order chi connectivity index (χ1) is 14.2. The van der Waals surface area contributed by atoms with Crippen LogP contribution in [0.15, 0.2) is 64.5 Å².